The van der Waals surface area contributed by atoms with Gasteiger partial charge >= 0.3 is 0 Å². The first-order chi connectivity index (χ1) is 16.2. The molecule has 5 nitrogen and oxygen atoms in total. The Hall–Kier alpha value is -4.25. The molecule has 0 bridgehead atoms. The Morgan fingerprint density at radius 3 is 1.91 bits per heavy atom. The Morgan fingerprint density at radius 2 is 1.30 bits per heavy atom. The molecule has 4 rings (SSSR count). The Labute approximate surface area is 193 Å². The Morgan fingerprint density at radius 1 is 0.727 bits per heavy atom. The number of nitrogens with one attached hydrogen (secondary N) is 1. The van der Waals surface area contributed by atoms with E-state index in [0.29, 0.717) is 12.2 Å². The Bertz CT molecular complexity index is 1170. The van der Waals surface area contributed by atoms with E-state index >= 15 is 0 Å². The highest BCUT2D eigenvalue weighted by Crippen LogP contribution is 2.25. The lowest BCUT2D eigenvalue weighted by molar-refractivity contribution is -0.126. The van der Waals surface area contributed by atoms with Gasteiger partial charge in [-0.25, -0.2) is 0 Å². The van der Waals surface area contributed by atoms with Gasteiger partial charge in [0, 0.05) is 19.3 Å². The zero-order chi connectivity index (χ0) is 22.9. The number of carbonyl (C=O) groups excluding carboxylic acids is 2. The van der Waals surface area contributed by atoms with Crippen molar-refractivity contribution in [1.82, 2.24) is 15.2 Å². The van der Waals surface area contributed by atoms with Crippen LogP contribution < -0.4 is 5.32 Å². The molecular weight excluding hydrogens is 410 g/mol. The van der Waals surface area contributed by atoms with Crippen LogP contribution in [-0.2, 0) is 17.9 Å². The average molecular weight is 436 g/mol. The fourth-order valence-electron chi connectivity index (χ4n) is 3.69. The molecule has 0 unspecified atom stereocenters. The number of rotatable bonds is 8. The highest BCUT2D eigenvalue weighted by atomic mass is 16.2. The topological polar surface area (TPSA) is 62.3 Å². The largest absolute Gasteiger partial charge is 0.350 e. The molecule has 5 heteroatoms. The second-order valence-corrected chi connectivity index (χ2v) is 7.65. The summed E-state index contributed by atoms with van der Waals surface area (Å²) in [4.78, 5) is 33.0. The number of hydrogen-bond acceptors (Lipinski definition) is 3. The van der Waals surface area contributed by atoms with Crippen molar-refractivity contribution in [2.45, 2.75) is 19.1 Å². The molecule has 0 saturated carbocycles. The fourth-order valence-corrected chi connectivity index (χ4v) is 3.69. The highest BCUT2D eigenvalue weighted by Gasteiger charge is 2.32. The molecule has 164 valence electrons. The van der Waals surface area contributed by atoms with Crippen molar-refractivity contribution in [3.63, 3.8) is 0 Å². The van der Waals surface area contributed by atoms with Crippen LogP contribution in [0.4, 0.5) is 0 Å². The predicted molar refractivity (Wildman–Crippen MR) is 128 cm³/mol. The van der Waals surface area contributed by atoms with Crippen LogP contribution in [0.5, 0.6) is 0 Å². The van der Waals surface area contributed by atoms with E-state index in [0.717, 1.165) is 16.7 Å². The van der Waals surface area contributed by atoms with Gasteiger partial charge in [-0.15, -0.1) is 0 Å². The van der Waals surface area contributed by atoms with Crippen LogP contribution in [0.25, 0.3) is 0 Å². The number of amides is 2. The number of benzene rings is 3. The van der Waals surface area contributed by atoms with Crippen molar-refractivity contribution >= 4 is 11.8 Å². The maximum Gasteiger partial charge on any atom is 0.273 e. The molecule has 1 heterocycles. The van der Waals surface area contributed by atoms with E-state index in [1.165, 1.54) is 0 Å². The van der Waals surface area contributed by atoms with Gasteiger partial charge in [-0.05, 0) is 28.8 Å². The first-order valence-electron chi connectivity index (χ1n) is 10.8. The lowest BCUT2D eigenvalue weighted by atomic mass is 10.0. The van der Waals surface area contributed by atoms with E-state index < -0.39 is 6.04 Å². The van der Waals surface area contributed by atoms with Gasteiger partial charge in [0.15, 0.2) is 0 Å². The summed E-state index contributed by atoms with van der Waals surface area (Å²) in [6, 6.07) is 33.2. The quantitative estimate of drug-likeness (QED) is 0.433. The van der Waals surface area contributed by atoms with Gasteiger partial charge in [0.2, 0.25) is 5.91 Å². The van der Waals surface area contributed by atoms with E-state index in [1.807, 2.05) is 91.0 Å². The monoisotopic (exact) mass is 435 g/mol. The van der Waals surface area contributed by atoms with Crippen LogP contribution >= 0.6 is 0 Å². The van der Waals surface area contributed by atoms with Crippen molar-refractivity contribution in [2.24, 2.45) is 0 Å². The van der Waals surface area contributed by atoms with E-state index in [9.17, 15) is 9.59 Å². The predicted octanol–water partition coefficient (Wildman–Crippen LogP) is 4.78. The van der Waals surface area contributed by atoms with Crippen molar-refractivity contribution in [2.75, 3.05) is 0 Å². The Kier molecular flexibility index (Phi) is 7.23. The Balaban J connectivity index is 1.70. The van der Waals surface area contributed by atoms with Crippen molar-refractivity contribution < 1.29 is 9.59 Å². The zero-order valence-electron chi connectivity index (χ0n) is 18.2. The minimum Gasteiger partial charge on any atom is -0.350 e. The molecule has 1 aromatic heterocycles. The molecule has 0 fully saturated rings. The molecular formula is C28H25N3O2. The summed E-state index contributed by atoms with van der Waals surface area (Å²) in [5.74, 6) is -0.548. The summed E-state index contributed by atoms with van der Waals surface area (Å²) in [5, 5.41) is 3.02. The molecule has 1 N–H and O–H groups in total. The molecule has 0 aliphatic carbocycles. The second kappa shape index (κ2) is 10.9. The molecule has 4 aromatic rings. The van der Waals surface area contributed by atoms with Gasteiger partial charge in [0.25, 0.3) is 5.91 Å². The third-order valence-electron chi connectivity index (χ3n) is 5.33. The summed E-state index contributed by atoms with van der Waals surface area (Å²) in [6.45, 7) is 0.647. The highest BCUT2D eigenvalue weighted by molar-refractivity contribution is 5.96. The maximum absolute atomic E-state index is 13.6. The third-order valence-corrected chi connectivity index (χ3v) is 5.33. The summed E-state index contributed by atoms with van der Waals surface area (Å²) in [6.07, 6.45) is 1.58. The lowest BCUT2D eigenvalue weighted by Crippen LogP contribution is -2.43. The molecule has 33 heavy (non-hydrogen) atoms. The smallest absolute Gasteiger partial charge is 0.273 e. The fraction of sp³-hybridized carbons (Fsp3) is 0.107. The molecule has 0 saturated heterocycles. The number of hydrogen-bond donors (Lipinski definition) is 1. The maximum atomic E-state index is 13.6. The number of aromatic nitrogens is 1. The first-order valence-corrected chi connectivity index (χ1v) is 10.8. The summed E-state index contributed by atoms with van der Waals surface area (Å²) < 4.78 is 0. The molecule has 0 aliphatic rings. The SMILES string of the molecule is O=C(NCc1ccccc1)[C@@H](c1ccccc1)N(Cc1ccccc1)C(=O)c1ccccn1. The molecule has 0 aliphatic heterocycles. The van der Waals surface area contributed by atoms with Gasteiger partial charge in [-0.1, -0.05) is 97.1 Å². The van der Waals surface area contributed by atoms with Crippen molar-refractivity contribution in [3.05, 3.63) is 138 Å². The van der Waals surface area contributed by atoms with E-state index in [2.05, 4.69) is 10.3 Å². The van der Waals surface area contributed by atoms with Crippen LogP contribution in [-0.4, -0.2) is 21.7 Å². The zero-order valence-corrected chi connectivity index (χ0v) is 18.2. The number of nitrogens with zero attached hydrogens (tertiary/aromatic N) is 2. The van der Waals surface area contributed by atoms with Crippen LogP contribution in [0.3, 0.4) is 0 Å². The van der Waals surface area contributed by atoms with Gasteiger partial charge < -0.3 is 10.2 Å². The molecule has 0 spiro atoms. The van der Waals surface area contributed by atoms with Gasteiger partial charge in [-0.2, -0.15) is 0 Å². The van der Waals surface area contributed by atoms with E-state index in [1.54, 1.807) is 29.3 Å². The lowest BCUT2D eigenvalue weighted by Gasteiger charge is -2.31. The summed E-state index contributed by atoms with van der Waals surface area (Å²) in [7, 11) is 0. The minimum atomic E-state index is -0.815. The van der Waals surface area contributed by atoms with Crippen LogP contribution in [0, 0.1) is 0 Å². The standard InChI is InChI=1S/C28H25N3O2/c32-27(30-20-22-12-4-1-5-13-22)26(24-16-8-3-9-17-24)31(21-23-14-6-2-7-15-23)28(33)25-18-10-11-19-29-25/h1-19,26H,20-21H2,(H,30,32)/t26-/m1/s1. The van der Waals surface area contributed by atoms with Crippen LogP contribution in [0.15, 0.2) is 115 Å². The minimum absolute atomic E-state index is 0.245. The molecule has 3 aromatic carbocycles. The average Bonchev–Trinajstić information content (AvgIpc) is 2.89. The van der Waals surface area contributed by atoms with Crippen molar-refractivity contribution in [3.8, 4) is 0 Å². The molecule has 0 radical (unpaired) electrons. The van der Waals surface area contributed by atoms with Crippen molar-refractivity contribution in [1.29, 1.82) is 0 Å². The van der Waals surface area contributed by atoms with Gasteiger partial charge in [-0.3, -0.25) is 14.6 Å². The van der Waals surface area contributed by atoms with Gasteiger partial charge in [0.1, 0.15) is 11.7 Å². The second-order valence-electron chi connectivity index (χ2n) is 7.65. The normalized spacial score (nSPS) is 11.4. The number of carbonyl (C=O) groups is 2. The van der Waals surface area contributed by atoms with Crippen LogP contribution in [0.1, 0.15) is 33.2 Å². The van der Waals surface area contributed by atoms with Crippen LogP contribution in [0.2, 0.25) is 0 Å². The van der Waals surface area contributed by atoms with Gasteiger partial charge in [0.05, 0.1) is 0 Å². The molecule has 1 atom stereocenters. The first kappa shape index (κ1) is 22.0. The summed E-state index contributed by atoms with van der Waals surface area (Å²) >= 11 is 0. The molecule has 2 amide bonds. The number of pyridine rings is 1. The van der Waals surface area contributed by atoms with E-state index in [4.69, 9.17) is 0 Å². The third kappa shape index (κ3) is 5.71. The summed E-state index contributed by atoms with van der Waals surface area (Å²) in [5.41, 5.74) is 2.95. The van der Waals surface area contributed by atoms with E-state index in [-0.39, 0.29) is 18.4 Å².